The number of halogens is 1. The van der Waals surface area contributed by atoms with Crippen LogP contribution in [0.4, 0.5) is 5.69 Å². The van der Waals surface area contributed by atoms with E-state index in [2.05, 4.69) is 5.32 Å². The number of piperidine rings is 1. The van der Waals surface area contributed by atoms with Crippen molar-refractivity contribution in [2.75, 3.05) is 25.0 Å². The molecule has 1 heterocycles. The third-order valence-corrected chi connectivity index (χ3v) is 4.36. The second kappa shape index (κ2) is 8.31. The molecule has 1 aliphatic heterocycles. The van der Waals surface area contributed by atoms with E-state index in [0.717, 1.165) is 19.4 Å². The van der Waals surface area contributed by atoms with Crippen molar-refractivity contribution in [1.29, 1.82) is 0 Å². The third-order valence-electron chi connectivity index (χ3n) is 4.11. The van der Waals surface area contributed by atoms with Gasteiger partial charge in [0.15, 0.2) is 0 Å². The third kappa shape index (κ3) is 4.94. The Kier molecular flexibility index (Phi) is 6.42. The Morgan fingerprint density at radius 3 is 2.74 bits per heavy atom. The van der Waals surface area contributed by atoms with Gasteiger partial charge in [-0.2, -0.15) is 0 Å². The Bertz CT molecular complexity index is 547. The van der Waals surface area contributed by atoms with Crippen molar-refractivity contribution in [3.05, 3.63) is 29.3 Å². The Morgan fingerprint density at radius 2 is 2.09 bits per heavy atom. The van der Waals surface area contributed by atoms with Crippen LogP contribution in [0.15, 0.2) is 24.3 Å². The molecular weight excluding hydrogens is 316 g/mol. The number of rotatable bonds is 5. The summed E-state index contributed by atoms with van der Waals surface area (Å²) in [4.78, 5) is 26.3. The van der Waals surface area contributed by atoms with Gasteiger partial charge in [-0.05, 0) is 57.5 Å². The second-order valence-electron chi connectivity index (χ2n) is 5.76. The van der Waals surface area contributed by atoms with E-state index < -0.39 is 0 Å². The van der Waals surface area contributed by atoms with Crippen LogP contribution in [0.2, 0.25) is 5.02 Å². The molecule has 1 aromatic carbocycles. The Morgan fingerprint density at radius 1 is 1.39 bits per heavy atom. The Labute approximate surface area is 141 Å². The lowest BCUT2D eigenvalue weighted by Crippen LogP contribution is -2.48. The van der Waals surface area contributed by atoms with Gasteiger partial charge in [0, 0.05) is 17.3 Å². The lowest BCUT2D eigenvalue weighted by molar-refractivity contribution is -0.150. The fourth-order valence-electron chi connectivity index (χ4n) is 2.76. The van der Waals surface area contributed by atoms with Gasteiger partial charge in [-0.15, -0.1) is 0 Å². The van der Waals surface area contributed by atoms with Crippen LogP contribution in [0.5, 0.6) is 0 Å². The first kappa shape index (κ1) is 17.8. The highest BCUT2D eigenvalue weighted by Crippen LogP contribution is 2.21. The van der Waals surface area contributed by atoms with E-state index in [-0.39, 0.29) is 23.8 Å². The molecule has 0 radical (unpaired) electrons. The number of carbonyl (C=O) groups is 2. The molecule has 2 rings (SSSR count). The number of ether oxygens (including phenoxy) is 1. The van der Waals surface area contributed by atoms with Gasteiger partial charge in [-0.1, -0.05) is 11.6 Å². The molecule has 23 heavy (non-hydrogen) atoms. The molecule has 0 aliphatic carbocycles. The maximum atomic E-state index is 12.4. The molecule has 5 nitrogen and oxygen atoms in total. The molecule has 2 unspecified atom stereocenters. The van der Waals surface area contributed by atoms with Crippen LogP contribution in [0.1, 0.15) is 26.7 Å². The van der Waals surface area contributed by atoms with Crippen LogP contribution in [0.3, 0.4) is 0 Å². The molecule has 0 spiro atoms. The molecule has 1 saturated heterocycles. The summed E-state index contributed by atoms with van der Waals surface area (Å²) in [6.07, 6.45) is 1.71. The van der Waals surface area contributed by atoms with Crippen LogP contribution < -0.4 is 5.32 Å². The van der Waals surface area contributed by atoms with Crippen molar-refractivity contribution < 1.29 is 14.3 Å². The predicted octanol–water partition coefficient (Wildman–Crippen LogP) is 2.94. The summed E-state index contributed by atoms with van der Waals surface area (Å²) in [5, 5.41) is 3.51. The standard InChI is InChI=1S/C17H23ClN2O3/c1-3-23-17(22)13-5-4-10-20(11-13)12(2)16(21)19-15-8-6-14(18)7-9-15/h6-9,12-13H,3-5,10-11H2,1-2H3,(H,19,21). The Balaban J connectivity index is 1.93. The molecule has 0 aromatic heterocycles. The maximum Gasteiger partial charge on any atom is 0.310 e. The summed E-state index contributed by atoms with van der Waals surface area (Å²) in [6, 6.07) is 6.71. The summed E-state index contributed by atoms with van der Waals surface area (Å²) in [5.74, 6) is -0.395. The van der Waals surface area contributed by atoms with E-state index in [4.69, 9.17) is 16.3 Å². The zero-order chi connectivity index (χ0) is 16.8. The summed E-state index contributed by atoms with van der Waals surface area (Å²) in [6.45, 7) is 5.43. The summed E-state index contributed by atoms with van der Waals surface area (Å²) >= 11 is 5.84. The molecule has 1 aromatic rings. The van der Waals surface area contributed by atoms with Crippen molar-refractivity contribution in [2.24, 2.45) is 5.92 Å². The number of nitrogens with zero attached hydrogens (tertiary/aromatic N) is 1. The van der Waals surface area contributed by atoms with Crippen molar-refractivity contribution >= 4 is 29.2 Å². The van der Waals surface area contributed by atoms with E-state index >= 15 is 0 Å². The monoisotopic (exact) mass is 338 g/mol. The summed E-state index contributed by atoms with van der Waals surface area (Å²) in [7, 11) is 0. The highest BCUT2D eigenvalue weighted by Gasteiger charge is 2.31. The zero-order valence-electron chi connectivity index (χ0n) is 13.5. The van der Waals surface area contributed by atoms with Crippen LogP contribution >= 0.6 is 11.6 Å². The number of hydrogen-bond acceptors (Lipinski definition) is 4. The molecule has 0 saturated carbocycles. The number of benzene rings is 1. The van der Waals surface area contributed by atoms with Gasteiger partial charge in [0.25, 0.3) is 0 Å². The average molecular weight is 339 g/mol. The van der Waals surface area contributed by atoms with Crippen molar-refractivity contribution in [3.63, 3.8) is 0 Å². The fraction of sp³-hybridized carbons (Fsp3) is 0.529. The number of amides is 1. The second-order valence-corrected chi connectivity index (χ2v) is 6.19. The molecule has 6 heteroatoms. The SMILES string of the molecule is CCOC(=O)C1CCCN(C(C)C(=O)Nc2ccc(Cl)cc2)C1. The minimum Gasteiger partial charge on any atom is -0.466 e. The highest BCUT2D eigenvalue weighted by molar-refractivity contribution is 6.30. The largest absolute Gasteiger partial charge is 0.466 e. The summed E-state index contributed by atoms with van der Waals surface area (Å²) < 4.78 is 5.10. The molecule has 1 N–H and O–H groups in total. The minimum atomic E-state index is -0.303. The van der Waals surface area contributed by atoms with E-state index in [0.29, 0.717) is 23.9 Å². The van der Waals surface area contributed by atoms with Crippen molar-refractivity contribution in [2.45, 2.75) is 32.7 Å². The normalized spacial score (nSPS) is 19.9. The van der Waals surface area contributed by atoms with E-state index in [1.807, 2.05) is 11.8 Å². The summed E-state index contributed by atoms with van der Waals surface area (Å²) in [5.41, 5.74) is 0.713. The molecule has 126 valence electrons. The number of esters is 1. The number of likely N-dealkylation sites (tertiary alicyclic amines) is 1. The highest BCUT2D eigenvalue weighted by atomic mass is 35.5. The maximum absolute atomic E-state index is 12.4. The van der Waals surface area contributed by atoms with Crippen molar-refractivity contribution in [3.8, 4) is 0 Å². The average Bonchev–Trinajstić information content (AvgIpc) is 2.56. The van der Waals surface area contributed by atoms with Gasteiger partial charge in [0.2, 0.25) is 5.91 Å². The van der Waals surface area contributed by atoms with Crippen LogP contribution in [-0.2, 0) is 14.3 Å². The molecule has 1 fully saturated rings. The van der Waals surface area contributed by atoms with Gasteiger partial charge in [-0.3, -0.25) is 14.5 Å². The number of hydrogen-bond donors (Lipinski definition) is 1. The van der Waals surface area contributed by atoms with Crippen LogP contribution in [0, 0.1) is 5.92 Å². The smallest absolute Gasteiger partial charge is 0.310 e. The first-order chi connectivity index (χ1) is 11.0. The Hall–Kier alpha value is -1.59. The zero-order valence-corrected chi connectivity index (χ0v) is 14.3. The van der Waals surface area contributed by atoms with E-state index in [1.165, 1.54) is 0 Å². The molecule has 1 amide bonds. The molecule has 2 atom stereocenters. The molecular formula is C17H23ClN2O3. The first-order valence-electron chi connectivity index (χ1n) is 7.98. The van der Waals surface area contributed by atoms with Gasteiger partial charge in [0.05, 0.1) is 18.6 Å². The first-order valence-corrected chi connectivity index (χ1v) is 8.36. The number of carbonyl (C=O) groups excluding carboxylic acids is 2. The number of nitrogens with one attached hydrogen (secondary N) is 1. The predicted molar refractivity (Wildman–Crippen MR) is 90.5 cm³/mol. The molecule has 1 aliphatic rings. The van der Waals surface area contributed by atoms with Crippen LogP contribution in [0.25, 0.3) is 0 Å². The van der Waals surface area contributed by atoms with E-state index in [1.54, 1.807) is 31.2 Å². The fourth-order valence-corrected chi connectivity index (χ4v) is 2.88. The van der Waals surface area contributed by atoms with E-state index in [9.17, 15) is 9.59 Å². The van der Waals surface area contributed by atoms with Gasteiger partial charge in [-0.25, -0.2) is 0 Å². The minimum absolute atomic E-state index is 0.0863. The number of anilines is 1. The molecule has 0 bridgehead atoms. The van der Waals surface area contributed by atoms with Gasteiger partial charge >= 0.3 is 5.97 Å². The lowest BCUT2D eigenvalue weighted by Gasteiger charge is -2.35. The topological polar surface area (TPSA) is 58.6 Å². The van der Waals surface area contributed by atoms with Gasteiger partial charge in [0.1, 0.15) is 0 Å². The lowest BCUT2D eigenvalue weighted by atomic mass is 9.97. The quantitative estimate of drug-likeness (QED) is 0.839. The van der Waals surface area contributed by atoms with Gasteiger partial charge < -0.3 is 10.1 Å². The van der Waals surface area contributed by atoms with Crippen LogP contribution in [-0.4, -0.2) is 42.5 Å². The van der Waals surface area contributed by atoms with Crippen molar-refractivity contribution in [1.82, 2.24) is 4.90 Å².